The fraction of sp³-hybridized carbons (Fsp3) is 0.278. The molecule has 2 unspecified atom stereocenters. The van der Waals surface area contributed by atoms with Crippen molar-refractivity contribution in [2.24, 2.45) is 0 Å². The maximum Gasteiger partial charge on any atom is 0.246 e. The number of amides is 1. The first-order valence-corrected chi connectivity index (χ1v) is 7.50. The summed E-state index contributed by atoms with van der Waals surface area (Å²) in [7, 11) is 1.62. The van der Waals surface area contributed by atoms with E-state index in [2.05, 4.69) is 5.32 Å². The molecule has 0 aromatic heterocycles. The molecule has 1 amide bonds. The van der Waals surface area contributed by atoms with E-state index in [1.807, 2.05) is 54.6 Å². The molecule has 0 spiro atoms. The molecule has 23 heavy (non-hydrogen) atoms. The van der Waals surface area contributed by atoms with Gasteiger partial charge in [-0.1, -0.05) is 36.4 Å². The smallest absolute Gasteiger partial charge is 0.246 e. The molecule has 5 heteroatoms. The van der Waals surface area contributed by atoms with Gasteiger partial charge in [0.15, 0.2) is 6.10 Å². The van der Waals surface area contributed by atoms with E-state index in [4.69, 9.17) is 14.2 Å². The first-order chi connectivity index (χ1) is 11.3. The molecule has 1 aliphatic heterocycles. The topological polar surface area (TPSA) is 56.8 Å². The second kappa shape index (κ2) is 7.15. The molecular weight excluding hydrogens is 294 g/mol. The maximum atomic E-state index is 11.3. The number of carbonyl (C=O) groups excluding carboxylic acids is 1. The Morgan fingerprint density at radius 2 is 1.91 bits per heavy atom. The summed E-state index contributed by atoms with van der Waals surface area (Å²) in [5, 5.41) is 2.82. The summed E-state index contributed by atoms with van der Waals surface area (Å²) in [5.74, 6) is 1.32. The minimum absolute atomic E-state index is 0.0511. The number of benzene rings is 2. The van der Waals surface area contributed by atoms with Crippen molar-refractivity contribution in [1.29, 1.82) is 0 Å². The summed E-state index contributed by atoms with van der Waals surface area (Å²) in [6, 6.07) is 17.3. The predicted molar refractivity (Wildman–Crippen MR) is 85.6 cm³/mol. The normalized spacial score (nSPS) is 18.8. The Balaban J connectivity index is 1.84. The summed E-state index contributed by atoms with van der Waals surface area (Å²) in [6.07, 6.45) is -0.565. The van der Waals surface area contributed by atoms with Gasteiger partial charge in [-0.3, -0.25) is 4.79 Å². The number of hydrogen-bond acceptors (Lipinski definition) is 4. The summed E-state index contributed by atoms with van der Waals surface area (Å²) in [6.45, 7) is 0.470. The lowest BCUT2D eigenvalue weighted by Crippen LogP contribution is -2.46. The van der Waals surface area contributed by atoms with Gasteiger partial charge >= 0.3 is 0 Å². The van der Waals surface area contributed by atoms with Crippen molar-refractivity contribution in [3.63, 3.8) is 0 Å². The van der Waals surface area contributed by atoms with Crippen LogP contribution in [0.5, 0.6) is 11.5 Å². The largest absolute Gasteiger partial charge is 0.497 e. The van der Waals surface area contributed by atoms with Gasteiger partial charge in [-0.05, 0) is 17.7 Å². The Labute approximate surface area is 135 Å². The molecule has 1 fully saturated rings. The molecule has 2 aromatic rings. The Bertz CT molecular complexity index is 649. The lowest BCUT2D eigenvalue weighted by molar-refractivity contribution is -0.137. The molecule has 5 nitrogen and oxygen atoms in total. The molecule has 0 saturated carbocycles. The number of hydrogen-bond donors (Lipinski definition) is 1. The molecule has 1 saturated heterocycles. The number of carbonyl (C=O) groups is 1. The lowest BCUT2D eigenvalue weighted by atomic mass is 10.0. The van der Waals surface area contributed by atoms with Crippen LogP contribution in [0, 0.1) is 0 Å². The molecule has 0 aliphatic carbocycles. The van der Waals surface area contributed by atoms with Crippen LogP contribution in [0.4, 0.5) is 0 Å². The number of methoxy groups -OCH3 is 1. The molecule has 0 bridgehead atoms. The summed E-state index contributed by atoms with van der Waals surface area (Å²) < 4.78 is 17.1. The van der Waals surface area contributed by atoms with E-state index in [9.17, 15) is 4.79 Å². The molecule has 2 aromatic carbocycles. The van der Waals surface area contributed by atoms with Crippen LogP contribution >= 0.6 is 0 Å². The van der Waals surface area contributed by atoms with Gasteiger partial charge in [0.05, 0.1) is 7.11 Å². The molecule has 3 rings (SSSR count). The van der Waals surface area contributed by atoms with E-state index >= 15 is 0 Å². The zero-order chi connectivity index (χ0) is 16.1. The number of rotatable bonds is 5. The first-order valence-electron chi connectivity index (χ1n) is 7.50. The minimum Gasteiger partial charge on any atom is -0.497 e. The van der Waals surface area contributed by atoms with Crippen molar-refractivity contribution in [1.82, 2.24) is 5.32 Å². The van der Waals surface area contributed by atoms with Crippen LogP contribution < -0.4 is 14.8 Å². The van der Waals surface area contributed by atoms with Crippen LogP contribution in [0.1, 0.15) is 11.7 Å². The molecular formula is C18H19NO4. The molecule has 1 N–H and O–H groups in total. The maximum absolute atomic E-state index is 11.3. The molecule has 1 heterocycles. The second-order valence-corrected chi connectivity index (χ2v) is 5.28. The van der Waals surface area contributed by atoms with Crippen LogP contribution in [0.15, 0.2) is 54.6 Å². The van der Waals surface area contributed by atoms with E-state index in [0.29, 0.717) is 12.3 Å². The van der Waals surface area contributed by atoms with Gasteiger partial charge in [0.2, 0.25) is 5.91 Å². The highest BCUT2D eigenvalue weighted by atomic mass is 16.5. The molecule has 2 atom stereocenters. The molecule has 120 valence electrons. The van der Waals surface area contributed by atoms with E-state index in [1.165, 1.54) is 0 Å². The SMILES string of the molecule is COc1cccc(OC(c2ccccc2)C2CNC(=O)CO2)c1. The van der Waals surface area contributed by atoms with E-state index < -0.39 is 0 Å². The first kappa shape index (κ1) is 15.4. The third kappa shape index (κ3) is 3.81. The van der Waals surface area contributed by atoms with Crippen LogP contribution in [-0.2, 0) is 9.53 Å². The minimum atomic E-state index is -0.316. The van der Waals surface area contributed by atoms with Crippen molar-refractivity contribution in [2.45, 2.75) is 12.2 Å². The fourth-order valence-electron chi connectivity index (χ4n) is 2.52. The van der Waals surface area contributed by atoms with E-state index in [-0.39, 0.29) is 24.7 Å². The Morgan fingerprint density at radius 3 is 2.61 bits per heavy atom. The summed E-state index contributed by atoms with van der Waals surface area (Å²) >= 11 is 0. The second-order valence-electron chi connectivity index (χ2n) is 5.28. The van der Waals surface area contributed by atoms with Gasteiger partial charge in [0.25, 0.3) is 0 Å². The highest BCUT2D eigenvalue weighted by Gasteiger charge is 2.30. The van der Waals surface area contributed by atoms with Gasteiger partial charge in [-0.15, -0.1) is 0 Å². The van der Waals surface area contributed by atoms with Crippen LogP contribution in [0.25, 0.3) is 0 Å². The summed E-state index contributed by atoms with van der Waals surface area (Å²) in [5.41, 5.74) is 0.997. The zero-order valence-corrected chi connectivity index (χ0v) is 12.9. The number of morpholine rings is 1. The standard InChI is InChI=1S/C18H19NO4/c1-21-14-8-5-9-15(10-14)23-18(13-6-3-2-4-7-13)16-11-19-17(20)12-22-16/h2-10,16,18H,11-12H2,1H3,(H,19,20). The Hall–Kier alpha value is -2.53. The summed E-state index contributed by atoms with van der Waals surface area (Å²) in [4.78, 5) is 11.3. The van der Waals surface area contributed by atoms with Gasteiger partial charge in [0.1, 0.15) is 24.2 Å². The third-order valence-corrected chi connectivity index (χ3v) is 3.70. The van der Waals surface area contributed by atoms with Crippen LogP contribution in [0.2, 0.25) is 0 Å². The highest BCUT2D eigenvalue weighted by Crippen LogP contribution is 2.29. The van der Waals surface area contributed by atoms with Crippen molar-refractivity contribution >= 4 is 5.91 Å². The fourth-order valence-corrected chi connectivity index (χ4v) is 2.52. The van der Waals surface area contributed by atoms with Crippen molar-refractivity contribution < 1.29 is 19.0 Å². The molecule has 1 aliphatic rings. The average Bonchev–Trinajstić information content (AvgIpc) is 2.61. The van der Waals surface area contributed by atoms with Gasteiger partial charge in [-0.25, -0.2) is 0 Å². The quantitative estimate of drug-likeness (QED) is 0.920. The molecule has 0 radical (unpaired) electrons. The lowest BCUT2D eigenvalue weighted by Gasteiger charge is -2.31. The van der Waals surface area contributed by atoms with Gasteiger partial charge in [-0.2, -0.15) is 0 Å². The highest BCUT2D eigenvalue weighted by molar-refractivity contribution is 5.77. The van der Waals surface area contributed by atoms with E-state index in [1.54, 1.807) is 7.11 Å². The average molecular weight is 313 g/mol. The Morgan fingerprint density at radius 1 is 1.13 bits per heavy atom. The number of ether oxygens (including phenoxy) is 3. The zero-order valence-electron chi connectivity index (χ0n) is 12.9. The Kier molecular flexibility index (Phi) is 4.78. The predicted octanol–water partition coefficient (Wildman–Crippen LogP) is 2.33. The third-order valence-electron chi connectivity index (χ3n) is 3.70. The van der Waals surface area contributed by atoms with Gasteiger partial charge < -0.3 is 19.5 Å². The number of nitrogens with one attached hydrogen (secondary N) is 1. The monoisotopic (exact) mass is 313 g/mol. The van der Waals surface area contributed by atoms with E-state index in [0.717, 1.165) is 11.3 Å². The van der Waals surface area contributed by atoms with Crippen LogP contribution in [0.3, 0.4) is 0 Å². The van der Waals surface area contributed by atoms with Crippen LogP contribution in [-0.4, -0.2) is 32.3 Å². The van der Waals surface area contributed by atoms with Gasteiger partial charge in [0, 0.05) is 12.6 Å². The van der Waals surface area contributed by atoms with Crippen molar-refractivity contribution in [3.05, 3.63) is 60.2 Å². The van der Waals surface area contributed by atoms with Crippen molar-refractivity contribution in [2.75, 3.05) is 20.3 Å². The van der Waals surface area contributed by atoms with Crippen molar-refractivity contribution in [3.8, 4) is 11.5 Å².